The third-order valence-corrected chi connectivity index (χ3v) is 1.26. The SMILES string of the molecule is CC(O)c1n[nH]c(N)c1N.O=S(=O)(O)O. The Morgan fingerprint density at radius 1 is 1.40 bits per heavy atom. The minimum Gasteiger partial charge on any atom is -0.394 e. The highest BCUT2D eigenvalue weighted by molar-refractivity contribution is 7.79. The lowest BCUT2D eigenvalue weighted by molar-refractivity contribution is 0.195. The van der Waals surface area contributed by atoms with Gasteiger partial charge in [0, 0.05) is 0 Å². The Hall–Kier alpha value is -1.36. The lowest BCUT2D eigenvalue weighted by atomic mass is 10.2. The van der Waals surface area contributed by atoms with E-state index in [1.54, 1.807) is 6.92 Å². The van der Waals surface area contributed by atoms with Gasteiger partial charge in [0.2, 0.25) is 0 Å². The molecule has 0 saturated heterocycles. The molecule has 0 saturated carbocycles. The second-order valence-corrected chi connectivity index (χ2v) is 3.46. The van der Waals surface area contributed by atoms with Crippen molar-refractivity contribution in [3.05, 3.63) is 5.69 Å². The molecule has 0 aromatic carbocycles. The molecule has 0 radical (unpaired) electrons. The minimum absolute atomic E-state index is 0.302. The van der Waals surface area contributed by atoms with E-state index in [2.05, 4.69) is 10.2 Å². The van der Waals surface area contributed by atoms with E-state index in [0.717, 1.165) is 0 Å². The summed E-state index contributed by atoms with van der Waals surface area (Å²) in [6.07, 6.45) is -0.673. The molecule has 0 fully saturated rings. The zero-order valence-corrected chi connectivity index (χ0v) is 8.56. The van der Waals surface area contributed by atoms with Gasteiger partial charge in [0.1, 0.15) is 17.2 Å². The molecule has 0 aliphatic rings. The second kappa shape index (κ2) is 4.93. The monoisotopic (exact) mass is 240 g/mol. The summed E-state index contributed by atoms with van der Waals surface area (Å²) in [4.78, 5) is 0. The quantitative estimate of drug-likeness (QED) is 0.337. The van der Waals surface area contributed by atoms with Gasteiger partial charge in [-0.3, -0.25) is 14.2 Å². The van der Waals surface area contributed by atoms with Gasteiger partial charge in [0.15, 0.2) is 0 Å². The number of aliphatic hydroxyl groups excluding tert-OH is 1. The molecular weight excluding hydrogens is 228 g/mol. The first kappa shape index (κ1) is 13.6. The van der Waals surface area contributed by atoms with Gasteiger partial charge in [0.25, 0.3) is 0 Å². The zero-order chi connectivity index (χ0) is 12.2. The highest BCUT2D eigenvalue weighted by Gasteiger charge is 2.10. The summed E-state index contributed by atoms with van der Waals surface area (Å²) in [6.45, 7) is 1.58. The van der Waals surface area contributed by atoms with Crippen LogP contribution in [0.1, 0.15) is 18.7 Å². The highest BCUT2D eigenvalue weighted by Crippen LogP contribution is 2.21. The predicted molar refractivity (Wildman–Crippen MR) is 52.2 cm³/mol. The smallest absolute Gasteiger partial charge is 0.394 e. The fourth-order valence-corrected chi connectivity index (χ4v) is 0.697. The molecule has 15 heavy (non-hydrogen) atoms. The van der Waals surface area contributed by atoms with Crippen LogP contribution in [0.2, 0.25) is 0 Å². The summed E-state index contributed by atoms with van der Waals surface area (Å²) < 4.78 is 31.6. The highest BCUT2D eigenvalue weighted by atomic mass is 32.3. The maximum Gasteiger partial charge on any atom is 0.394 e. The molecule has 1 atom stereocenters. The Balaban J connectivity index is 0.000000336. The van der Waals surface area contributed by atoms with Crippen molar-refractivity contribution >= 4 is 21.9 Å². The Kier molecular flexibility index (Phi) is 4.48. The molecule has 1 unspecified atom stereocenters. The van der Waals surface area contributed by atoms with Gasteiger partial charge in [-0.1, -0.05) is 0 Å². The normalized spacial score (nSPS) is 12.8. The van der Waals surface area contributed by atoms with Crippen molar-refractivity contribution in [1.82, 2.24) is 10.2 Å². The molecule has 1 heterocycles. The molecule has 0 amide bonds. The fraction of sp³-hybridized carbons (Fsp3) is 0.400. The Bertz CT molecular complexity index is 403. The van der Waals surface area contributed by atoms with Crippen LogP contribution in [0, 0.1) is 0 Å². The first-order valence-electron chi connectivity index (χ1n) is 3.60. The first-order valence-corrected chi connectivity index (χ1v) is 4.99. The van der Waals surface area contributed by atoms with E-state index in [1.807, 2.05) is 0 Å². The topological polar surface area (TPSA) is 176 Å². The molecular formula is C5H12N4O5S. The van der Waals surface area contributed by atoms with E-state index in [1.165, 1.54) is 0 Å². The maximum absolute atomic E-state index is 9.00. The largest absolute Gasteiger partial charge is 0.394 e. The lowest BCUT2D eigenvalue weighted by Crippen LogP contribution is -1.98. The third kappa shape index (κ3) is 5.85. The molecule has 10 heteroatoms. The number of anilines is 2. The van der Waals surface area contributed by atoms with Gasteiger partial charge in [-0.05, 0) is 6.92 Å². The summed E-state index contributed by atoms with van der Waals surface area (Å²) in [6, 6.07) is 0. The summed E-state index contributed by atoms with van der Waals surface area (Å²) in [7, 11) is -4.67. The first-order chi connectivity index (χ1) is 6.63. The van der Waals surface area contributed by atoms with Crippen LogP contribution in [0.4, 0.5) is 11.5 Å². The third-order valence-electron chi connectivity index (χ3n) is 1.26. The van der Waals surface area contributed by atoms with E-state index < -0.39 is 16.5 Å². The van der Waals surface area contributed by atoms with Crippen LogP contribution in [0.5, 0.6) is 0 Å². The molecule has 0 spiro atoms. The van der Waals surface area contributed by atoms with Crippen LogP contribution in [-0.2, 0) is 10.4 Å². The number of hydrogen-bond acceptors (Lipinski definition) is 6. The Labute approximate surface area is 85.7 Å². The van der Waals surface area contributed by atoms with E-state index in [0.29, 0.717) is 17.2 Å². The predicted octanol–water partition coefficient (Wildman–Crippen LogP) is -1.03. The number of aromatic nitrogens is 2. The number of nitrogen functional groups attached to an aromatic ring is 2. The number of hydrogen-bond donors (Lipinski definition) is 6. The molecule has 8 N–H and O–H groups in total. The van der Waals surface area contributed by atoms with Crippen LogP contribution in [0.25, 0.3) is 0 Å². The van der Waals surface area contributed by atoms with Gasteiger partial charge in [-0.15, -0.1) is 0 Å². The van der Waals surface area contributed by atoms with E-state index in [-0.39, 0.29) is 0 Å². The second-order valence-electron chi connectivity index (χ2n) is 2.56. The van der Waals surface area contributed by atoms with Crippen molar-refractivity contribution in [2.45, 2.75) is 13.0 Å². The molecule has 88 valence electrons. The van der Waals surface area contributed by atoms with E-state index in [9.17, 15) is 0 Å². The standard InChI is InChI=1S/C5H10N4O.H2O4S/c1-2(10)4-3(6)5(7)9-8-4;1-5(2,3)4/h2,10H,6H2,1H3,(H3,7,8,9);(H2,1,2,3,4). The molecule has 9 nitrogen and oxygen atoms in total. The van der Waals surface area contributed by atoms with Crippen molar-refractivity contribution in [2.24, 2.45) is 0 Å². The van der Waals surface area contributed by atoms with Crippen LogP contribution in [0.15, 0.2) is 0 Å². The van der Waals surface area contributed by atoms with Crippen LogP contribution >= 0.6 is 0 Å². The van der Waals surface area contributed by atoms with Crippen molar-refractivity contribution in [1.29, 1.82) is 0 Å². The molecule has 1 rings (SSSR count). The van der Waals surface area contributed by atoms with Crippen LogP contribution in [0.3, 0.4) is 0 Å². The van der Waals surface area contributed by atoms with Crippen LogP contribution in [-0.4, -0.2) is 32.8 Å². The average molecular weight is 240 g/mol. The molecule has 1 aromatic rings. The summed E-state index contributed by atoms with van der Waals surface area (Å²) in [5.74, 6) is 0.302. The lowest BCUT2D eigenvalue weighted by Gasteiger charge is -1.98. The molecule has 0 bridgehead atoms. The number of aromatic amines is 1. The summed E-state index contributed by atoms with van der Waals surface area (Å²) in [5, 5.41) is 15.2. The Morgan fingerprint density at radius 2 is 1.80 bits per heavy atom. The number of rotatable bonds is 1. The maximum atomic E-state index is 9.00. The minimum atomic E-state index is -4.67. The number of nitrogens with one attached hydrogen (secondary N) is 1. The van der Waals surface area contributed by atoms with Crippen molar-refractivity contribution in [3.8, 4) is 0 Å². The summed E-state index contributed by atoms with van der Waals surface area (Å²) >= 11 is 0. The van der Waals surface area contributed by atoms with Crippen LogP contribution < -0.4 is 11.5 Å². The average Bonchev–Trinajstić information content (AvgIpc) is 2.29. The van der Waals surface area contributed by atoms with Crippen molar-refractivity contribution < 1.29 is 22.6 Å². The molecule has 1 aromatic heterocycles. The number of H-pyrrole nitrogens is 1. The van der Waals surface area contributed by atoms with Gasteiger partial charge in [-0.25, -0.2) is 0 Å². The zero-order valence-electron chi connectivity index (χ0n) is 7.75. The van der Waals surface area contributed by atoms with Gasteiger partial charge in [0.05, 0.1) is 6.10 Å². The number of aliphatic hydroxyl groups is 1. The van der Waals surface area contributed by atoms with Gasteiger partial charge in [-0.2, -0.15) is 13.5 Å². The van der Waals surface area contributed by atoms with Gasteiger partial charge < -0.3 is 16.6 Å². The van der Waals surface area contributed by atoms with E-state index >= 15 is 0 Å². The number of nitrogens with zero attached hydrogens (tertiary/aromatic N) is 1. The summed E-state index contributed by atoms with van der Waals surface area (Å²) in [5.41, 5.74) is 11.5. The molecule has 0 aliphatic heterocycles. The van der Waals surface area contributed by atoms with Gasteiger partial charge >= 0.3 is 10.4 Å². The van der Waals surface area contributed by atoms with Crippen molar-refractivity contribution in [3.63, 3.8) is 0 Å². The molecule has 0 aliphatic carbocycles. The number of nitrogens with two attached hydrogens (primary N) is 2. The fourth-order valence-electron chi connectivity index (χ4n) is 0.697. The Morgan fingerprint density at radius 3 is 1.93 bits per heavy atom. The van der Waals surface area contributed by atoms with E-state index in [4.69, 9.17) is 34.1 Å². The van der Waals surface area contributed by atoms with Crippen molar-refractivity contribution in [2.75, 3.05) is 11.5 Å².